The molecule has 0 saturated carbocycles. The highest BCUT2D eigenvalue weighted by molar-refractivity contribution is 5.81. The van der Waals surface area contributed by atoms with Crippen molar-refractivity contribution in [3.8, 4) is 0 Å². The number of piperidine rings is 1. The van der Waals surface area contributed by atoms with Crippen LogP contribution in [0.2, 0.25) is 0 Å². The molecule has 20 heavy (non-hydrogen) atoms. The molecule has 0 radical (unpaired) electrons. The fourth-order valence-electron chi connectivity index (χ4n) is 2.37. The van der Waals surface area contributed by atoms with Crippen LogP contribution < -0.4 is 10.2 Å². The summed E-state index contributed by atoms with van der Waals surface area (Å²) in [6.07, 6.45) is 5.81. The minimum Gasteiger partial charge on any atom is -0.355 e. The van der Waals surface area contributed by atoms with Crippen molar-refractivity contribution >= 4 is 11.9 Å². The average Bonchev–Trinajstić information content (AvgIpc) is 2.45. The second kappa shape index (κ2) is 6.20. The van der Waals surface area contributed by atoms with Crippen molar-refractivity contribution in [1.82, 2.24) is 15.3 Å². The highest BCUT2D eigenvalue weighted by Gasteiger charge is 2.25. The van der Waals surface area contributed by atoms with Crippen LogP contribution in [0.25, 0.3) is 0 Å². The van der Waals surface area contributed by atoms with Crippen molar-refractivity contribution in [2.24, 2.45) is 11.3 Å². The van der Waals surface area contributed by atoms with Crippen LogP contribution in [0.5, 0.6) is 0 Å². The summed E-state index contributed by atoms with van der Waals surface area (Å²) in [7, 11) is 0. The fraction of sp³-hybridized carbons (Fsp3) is 0.667. The van der Waals surface area contributed by atoms with E-state index in [0.29, 0.717) is 5.92 Å². The Kier molecular flexibility index (Phi) is 4.57. The number of nitrogens with zero attached hydrogens (tertiary/aromatic N) is 3. The number of anilines is 1. The van der Waals surface area contributed by atoms with Gasteiger partial charge in [0.25, 0.3) is 0 Å². The lowest BCUT2D eigenvalue weighted by atomic mass is 9.94. The highest BCUT2D eigenvalue weighted by Crippen LogP contribution is 2.20. The van der Waals surface area contributed by atoms with E-state index in [-0.39, 0.29) is 11.3 Å². The zero-order chi connectivity index (χ0) is 14.6. The maximum atomic E-state index is 11.9. The van der Waals surface area contributed by atoms with Crippen LogP contribution in [-0.2, 0) is 4.79 Å². The van der Waals surface area contributed by atoms with Crippen LogP contribution in [-0.4, -0.2) is 35.5 Å². The molecular weight excluding hydrogens is 252 g/mol. The van der Waals surface area contributed by atoms with Gasteiger partial charge in [-0.2, -0.15) is 0 Å². The van der Waals surface area contributed by atoms with Crippen molar-refractivity contribution in [3.05, 3.63) is 18.5 Å². The molecule has 1 saturated heterocycles. The number of rotatable bonds is 3. The van der Waals surface area contributed by atoms with Gasteiger partial charge in [-0.3, -0.25) is 4.79 Å². The van der Waals surface area contributed by atoms with Gasteiger partial charge in [0.05, 0.1) is 0 Å². The molecule has 1 aliphatic rings. The number of carbonyl (C=O) groups is 1. The van der Waals surface area contributed by atoms with Crippen LogP contribution in [0.15, 0.2) is 18.5 Å². The quantitative estimate of drug-likeness (QED) is 0.915. The molecule has 5 nitrogen and oxygen atoms in total. The third-order valence-corrected chi connectivity index (χ3v) is 3.59. The second-order valence-corrected chi connectivity index (χ2v) is 6.46. The molecule has 1 fully saturated rings. The lowest BCUT2D eigenvalue weighted by molar-refractivity contribution is -0.128. The molecule has 1 aromatic rings. The summed E-state index contributed by atoms with van der Waals surface area (Å²) < 4.78 is 0. The van der Waals surface area contributed by atoms with Crippen molar-refractivity contribution in [3.63, 3.8) is 0 Å². The second-order valence-electron chi connectivity index (χ2n) is 6.46. The first-order chi connectivity index (χ1) is 9.47. The first-order valence-corrected chi connectivity index (χ1v) is 7.27. The molecule has 1 atom stereocenters. The SMILES string of the molecule is CC(C)(C)C(=O)NCC1CCCN(c2ncccn2)C1. The minimum absolute atomic E-state index is 0.116. The van der Waals surface area contributed by atoms with Crippen LogP contribution >= 0.6 is 0 Å². The van der Waals surface area contributed by atoms with Gasteiger partial charge in [0.2, 0.25) is 11.9 Å². The Balaban J connectivity index is 1.87. The van der Waals surface area contributed by atoms with Gasteiger partial charge in [-0.05, 0) is 24.8 Å². The predicted molar refractivity (Wildman–Crippen MR) is 79.4 cm³/mol. The first kappa shape index (κ1) is 14.8. The van der Waals surface area contributed by atoms with Crippen molar-refractivity contribution in [1.29, 1.82) is 0 Å². The number of hydrogen-bond acceptors (Lipinski definition) is 4. The maximum Gasteiger partial charge on any atom is 0.225 e. The Morgan fingerprint density at radius 3 is 2.75 bits per heavy atom. The van der Waals surface area contributed by atoms with E-state index < -0.39 is 0 Å². The molecule has 1 aromatic heterocycles. The number of nitrogens with one attached hydrogen (secondary N) is 1. The monoisotopic (exact) mass is 276 g/mol. The van der Waals surface area contributed by atoms with Gasteiger partial charge in [0.1, 0.15) is 0 Å². The van der Waals surface area contributed by atoms with Gasteiger partial charge in [-0.15, -0.1) is 0 Å². The van der Waals surface area contributed by atoms with Crippen molar-refractivity contribution < 1.29 is 4.79 Å². The third-order valence-electron chi connectivity index (χ3n) is 3.59. The molecule has 0 aliphatic carbocycles. The molecule has 1 N–H and O–H groups in total. The summed E-state index contributed by atoms with van der Waals surface area (Å²) in [6, 6.07) is 1.83. The summed E-state index contributed by atoms with van der Waals surface area (Å²) in [5, 5.41) is 3.06. The van der Waals surface area contributed by atoms with Crippen molar-refractivity contribution in [2.75, 3.05) is 24.5 Å². The number of aromatic nitrogens is 2. The molecule has 0 bridgehead atoms. The Labute approximate surface area is 120 Å². The highest BCUT2D eigenvalue weighted by atomic mass is 16.2. The van der Waals surface area contributed by atoms with Gasteiger partial charge in [-0.25, -0.2) is 9.97 Å². The number of hydrogen-bond donors (Lipinski definition) is 1. The van der Waals surface area contributed by atoms with Crippen LogP contribution in [0.3, 0.4) is 0 Å². The molecule has 2 heterocycles. The summed E-state index contributed by atoms with van der Waals surface area (Å²) in [6.45, 7) is 8.45. The van der Waals surface area contributed by atoms with E-state index in [1.54, 1.807) is 12.4 Å². The topological polar surface area (TPSA) is 58.1 Å². The summed E-state index contributed by atoms with van der Waals surface area (Å²) >= 11 is 0. The Hall–Kier alpha value is -1.65. The normalized spacial score (nSPS) is 19.8. The Bertz CT molecular complexity index is 441. The summed E-state index contributed by atoms with van der Waals surface area (Å²) in [5.74, 6) is 1.38. The largest absolute Gasteiger partial charge is 0.355 e. The van der Waals surface area contributed by atoms with E-state index >= 15 is 0 Å². The smallest absolute Gasteiger partial charge is 0.225 e. The van der Waals surface area contributed by atoms with E-state index in [1.807, 2.05) is 26.8 Å². The standard InChI is InChI=1S/C15H24N4O/c1-15(2,3)13(20)18-10-12-6-4-9-19(11-12)14-16-7-5-8-17-14/h5,7-8,12H,4,6,9-11H2,1-3H3,(H,18,20). The first-order valence-electron chi connectivity index (χ1n) is 7.27. The van der Waals surface area contributed by atoms with Crippen LogP contribution in [0.1, 0.15) is 33.6 Å². The molecule has 1 unspecified atom stereocenters. The van der Waals surface area contributed by atoms with Gasteiger partial charge in [0.15, 0.2) is 0 Å². The fourth-order valence-corrected chi connectivity index (χ4v) is 2.37. The van der Waals surface area contributed by atoms with Gasteiger partial charge in [-0.1, -0.05) is 20.8 Å². The van der Waals surface area contributed by atoms with Gasteiger partial charge < -0.3 is 10.2 Å². The Morgan fingerprint density at radius 2 is 2.10 bits per heavy atom. The van der Waals surface area contributed by atoms with E-state index in [9.17, 15) is 4.79 Å². The molecule has 1 aliphatic heterocycles. The minimum atomic E-state index is -0.323. The molecule has 5 heteroatoms. The lowest BCUT2D eigenvalue weighted by Gasteiger charge is -2.33. The zero-order valence-electron chi connectivity index (χ0n) is 12.6. The summed E-state index contributed by atoms with van der Waals surface area (Å²) in [5.41, 5.74) is -0.323. The number of carbonyl (C=O) groups excluding carboxylic acids is 1. The van der Waals surface area contributed by atoms with Crippen molar-refractivity contribution in [2.45, 2.75) is 33.6 Å². The lowest BCUT2D eigenvalue weighted by Crippen LogP contribution is -2.44. The average molecular weight is 276 g/mol. The van der Waals surface area contributed by atoms with Crippen LogP contribution in [0.4, 0.5) is 5.95 Å². The van der Waals surface area contributed by atoms with Crippen LogP contribution in [0, 0.1) is 11.3 Å². The van der Waals surface area contributed by atoms with E-state index in [0.717, 1.165) is 38.4 Å². The molecule has 110 valence electrons. The maximum absolute atomic E-state index is 11.9. The van der Waals surface area contributed by atoms with E-state index in [4.69, 9.17) is 0 Å². The van der Waals surface area contributed by atoms with E-state index in [2.05, 4.69) is 20.2 Å². The van der Waals surface area contributed by atoms with Gasteiger partial charge >= 0.3 is 0 Å². The molecule has 0 spiro atoms. The Morgan fingerprint density at radius 1 is 1.40 bits per heavy atom. The third kappa shape index (κ3) is 3.92. The zero-order valence-corrected chi connectivity index (χ0v) is 12.6. The molecule has 0 aromatic carbocycles. The van der Waals surface area contributed by atoms with E-state index in [1.165, 1.54) is 0 Å². The predicted octanol–water partition coefficient (Wildman–Crippen LogP) is 1.86. The molecule has 1 amide bonds. The molecular formula is C15H24N4O. The number of amides is 1. The molecule has 2 rings (SSSR count). The summed E-state index contributed by atoms with van der Waals surface area (Å²) in [4.78, 5) is 22.7. The van der Waals surface area contributed by atoms with Gasteiger partial charge in [0, 0.05) is 37.4 Å².